The van der Waals surface area contributed by atoms with Crippen molar-refractivity contribution in [1.29, 1.82) is 5.26 Å². The largest absolute Gasteiger partial charge is 0.493 e. The van der Waals surface area contributed by atoms with Crippen molar-refractivity contribution in [3.05, 3.63) is 85.9 Å². The number of hydrogen-bond donors (Lipinski definition) is 1. The van der Waals surface area contributed by atoms with Gasteiger partial charge in [0, 0.05) is 31.6 Å². The van der Waals surface area contributed by atoms with E-state index >= 15 is 0 Å². The molecule has 1 saturated carbocycles. The van der Waals surface area contributed by atoms with Crippen molar-refractivity contribution < 1.29 is 14.3 Å². The molecule has 1 aliphatic carbocycles. The number of nitriles is 1. The zero-order valence-corrected chi connectivity index (χ0v) is 22.4. The average molecular weight is 550 g/mol. The molecule has 1 saturated heterocycles. The Balaban J connectivity index is 1.54. The quantitative estimate of drug-likeness (QED) is 0.424. The molecule has 39 heavy (non-hydrogen) atoms. The molecule has 8 nitrogen and oxygen atoms in total. The summed E-state index contributed by atoms with van der Waals surface area (Å²) < 4.78 is 16.1. The summed E-state index contributed by atoms with van der Waals surface area (Å²) in [7, 11) is 0. The summed E-state index contributed by atoms with van der Waals surface area (Å²) in [5.41, 5.74) is 0.512. The van der Waals surface area contributed by atoms with E-state index in [1.165, 1.54) is 17.2 Å². The van der Waals surface area contributed by atoms with Crippen molar-refractivity contribution in [3.8, 4) is 11.9 Å². The van der Waals surface area contributed by atoms with Crippen LogP contribution >= 0.6 is 11.6 Å². The molecule has 2 atom stereocenters. The van der Waals surface area contributed by atoms with Gasteiger partial charge < -0.3 is 10.0 Å². The Bertz CT molecular complexity index is 1510. The van der Waals surface area contributed by atoms with Gasteiger partial charge in [-0.3, -0.25) is 19.1 Å². The molecule has 202 valence electrons. The van der Waals surface area contributed by atoms with Gasteiger partial charge in [0.1, 0.15) is 11.6 Å². The first-order valence-corrected chi connectivity index (χ1v) is 13.6. The van der Waals surface area contributed by atoms with Crippen LogP contribution in [0.5, 0.6) is 5.88 Å². The molecular weight excluding hydrogens is 521 g/mol. The lowest BCUT2D eigenvalue weighted by Gasteiger charge is -2.25. The second-order valence-electron chi connectivity index (χ2n) is 10.3. The van der Waals surface area contributed by atoms with Crippen LogP contribution in [0, 0.1) is 23.1 Å². The summed E-state index contributed by atoms with van der Waals surface area (Å²) in [5, 5.41) is 20.5. The number of nitrogens with zero attached hydrogens (tertiary/aromatic N) is 5. The number of halogens is 2. The lowest BCUT2D eigenvalue weighted by atomic mass is 9.99. The first-order valence-electron chi connectivity index (χ1n) is 13.3. The lowest BCUT2D eigenvalue weighted by molar-refractivity contribution is 0.0783. The van der Waals surface area contributed by atoms with Crippen LogP contribution in [0.15, 0.2) is 41.3 Å². The SMILES string of the molecule is CCCCc1nc(O)c(C(=O)N2CCC(c3ncc(Cl)cc3F)C2)c(=O)n1[C@H](c1cccc(C#N)c1)C1CC1. The van der Waals surface area contributed by atoms with Crippen LogP contribution in [0.4, 0.5) is 4.39 Å². The van der Waals surface area contributed by atoms with Crippen LogP contribution in [0.1, 0.15) is 84.0 Å². The number of aromatic nitrogens is 3. The number of unbranched alkanes of at least 4 members (excludes halogenated alkanes) is 1. The second-order valence-corrected chi connectivity index (χ2v) is 10.7. The van der Waals surface area contributed by atoms with Gasteiger partial charge in [-0.15, -0.1) is 0 Å². The van der Waals surface area contributed by atoms with E-state index in [1.807, 2.05) is 13.0 Å². The highest BCUT2D eigenvalue weighted by Gasteiger charge is 2.39. The van der Waals surface area contributed by atoms with Crippen molar-refractivity contribution in [3.63, 3.8) is 0 Å². The fourth-order valence-corrected chi connectivity index (χ4v) is 5.58. The van der Waals surface area contributed by atoms with Crippen LogP contribution < -0.4 is 5.56 Å². The van der Waals surface area contributed by atoms with Gasteiger partial charge in [0.25, 0.3) is 11.5 Å². The predicted molar refractivity (Wildman–Crippen MR) is 143 cm³/mol. The van der Waals surface area contributed by atoms with Gasteiger partial charge in [0.2, 0.25) is 5.88 Å². The zero-order chi connectivity index (χ0) is 27.7. The molecule has 0 radical (unpaired) electrons. The Hall–Kier alpha value is -3.77. The van der Waals surface area contributed by atoms with Crippen LogP contribution in [0.2, 0.25) is 5.02 Å². The molecule has 3 aromatic rings. The van der Waals surface area contributed by atoms with E-state index in [-0.39, 0.29) is 41.2 Å². The third kappa shape index (κ3) is 5.39. The van der Waals surface area contributed by atoms with Gasteiger partial charge in [-0.1, -0.05) is 37.1 Å². The molecule has 0 spiro atoms. The number of pyridine rings is 1. The van der Waals surface area contributed by atoms with E-state index in [0.717, 1.165) is 31.2 Å². The van der Waals surface area contributed by atoms with E-state index in [0.29, 0.717) is 24.2 Å². The number of aryl methyl sites for hydroxylation is 1. The Labute approximate surface area is 230 Å². The molecule has 1 N–H and O–H groups in total. The van der Waals surface area contributed by atoms with Gasteiger partial charge >= 0.3 is 0 Å². The first-order chi connectivity index (χ1) is 18.8. The highest BCUT2D eigenvalue weighted by molar-refractivity contribution is 6.30. The summed E-state index contributed by atoms with van der Waals surface area (Å²) in [6.45, 7) is 2.45. The Morgan fingerprint density at radius 1 is 1.31 bits per heavy atom. The van der Waals surface area contributed by atoms with Crippen molar-refractivity contribution in [2.45, 2.75) is 57.4 Å². The second kappa shape index (κ2) is 11.1. The van der Waals surface area contributed by atoms with Crippen LogP contribution in [0.3, 0.4) is 0 Å². The number of likely N-dealkylation sites (tertiary alicyclic amines) is 1. The maximum absolute atomic E-state index is 14.5. The number of aromatic hydroxyl groups is 1. The van der Waals surface area contributed by atoms with Gasteiger partial charge in [0.05, 0.1) is 28.4 Å². The zero-order valence-electron chi connectivity index (χ0n) is 21.6. The first kappa shape index (κ1) is 26.8. The fourth-order valence-electron chi connectivity index (χ4n) is 5.44. The van der Waals surface area contributed by atoms with Gasteiger partial charge in [-0.25, -0.2) is 4.39 Å². The topological polar surface area (TPSA) is 112 Å². The van der Waals surface area contributed by atoms with Crippen LogP contribution in [-0.4, -0.2) is 43.5 Å². The third-order valence-corrected chi connectivity index (χ3v) is 7.75. The standard InChI is InChI=1S/C29H29ClFN5O3/c1-2-3-7-23-34-27(37)24(28(38)35-11-10-20(16-35)25-22(31)13-21(30)15-33-25)29(39)36(23)26(18-8-9-18)19-6-4-5-17(12-19)14-32/h4-6,12-13,15,18,20,26,37H,2-3,7-11,16H2,1H3/t20?,26-/m0/s1. The monoisotopic (exact) mass is 549 g/mol. The summed E-state index contributed by atoms with van der Waals surface area (Å²) in [4.78, 5) is 37.7. The highest BCUT2D eigenvalue weighted by Crippen LogP contribution is 2.44. The maximum atomic E-state index is 14.5. The minimum absolute atomic E-state index is 0.150. The van der Waals surface area contributed by atoms with E-state index < -0.39 is 29.2 Å². The van der Waals surface area contributed by atoms with Crippen molar-refractivity contribution in [2.24, 2.45) is 5.92 Å². The Morgan fingerprint density at radius 2 is 2.10 bits per heavy atom. The summed E-state index contributed by atoms with van der Waals surface area (Å²) in [5.74, 6) is -1.56. The number of benzene rings is 1. The van der Waals surface area contributed by atoms with Gasteiger partial charge in [-0.05, 0) is 55.4 Å². The molecule has 0 bridgehead atoms. The molecule has 1 aromatic carbocycles. The fraction of sp³-hybridized carbons (Fsp3) is 0.414. The molecule has 1 aliphatic heterocycles. The smallest absolute Gasteiger partial charge is 0.270 e. The highest BCUT2D eigenvalue weighted by atomic mass is 35.5. The molecule has 2 fully saturated rings. The molecule has 3 heterocycles. The van der Waals surface area contributed by atoms with E-state index in [9.17, 15) is 24.3 Å². The third-order valence-electron chi connectivity index (χ3n) is 7.54. The Morgan fingerprint density at radius 3 is 2.79 bits per heavy atom. The maximum Gasteiger partial charge on any atom is 0.270 e. The van der Waals surface area contributed by atoms with Crippen LogP contribution in [0.25, 0.3) is 0 Å². The molecule has 1 unspecified atom stereocenters. The van der Waals surface area contributed by atoms with Crippen molar-refractivity contribution in [2.75, 3.05) is 13.1 Å². The van der Waals surface area contributed by atoms with Gasteiger partial charge in [0.15, 0.2) is 5.56 Å². The lowest BCUT2D eigenvalue weighted by Crippen LogP contribution is -2.39. The molecule has 2 aromatic heterocycles. The van der Waals surface area contributed by atoms with Crippen LogP contribution in [-0.2, 0) is 6.42 Å². The summed E-state index contributed by atoms with van der Waals surface area (Å²) >= 11 is 5.84. The summed E-state index contributed by atoms with van der Waals surface area (Å²) in [6.07, 6.45) is 5.70. The summed E-state index contributed by atoms with van der Waals surface area (Å²) in [6, 6.07) is 10.1. The molecule has 1 amide bonds. The number of amides is 1. The molecule has 2 aliphatic rings. The number of rotatable bonds is 8. The Kier molecular flexibility index (Phi) is 7.67. The van der Waals surface area contributed by atoms with Crippen molar-refractivity contribution >= 4 is 17.5 Å². The predicted octanol–water partition coefficient (Wildman–Crippen LogP) is 4.98. The molecule has 10 heteroatoms. The van der Waals surface area contributed by atoms with Crippen molar-refractivity contribution in [1.82, 2.24) is 19.4 Å². The van der Waals surface area contributed by atoms with Gasteiger partial charge in [-0.2, -0.15) is 10.2 Å². The average Bonchev–Trinajstić information content (AvgIpc) is 3.64. The number of hydrogen-bond acceptors (Lipinski definition) is 6. The van der Waals surface area contributed by atoms with E-state index in [2.05, 4.69) is 16.0 Å². The minimum atomic E-state index is -0.641. The van der Waals surface area contributed by atoms with E-state index in [1.54, 1.807) is 22.8 Å². The molecule has 5 rings (SSSR count). The minimum Gasteiger partial charge on any atom is -0.493 e. The number of carbonyl (C=O) groups is 1. The van der Waals surface area contributed by atoms with E-state index in [4.69, 9.17) is 11.6 Å². The normalized spacial score (nSPS) is 17.7. The number of carbonyl (C=O) groups excluding carboxylic acids is 1. The molecular formula is C29H29ClFN5O3.